The zero-order valence-corrected chi connectivity index (χ0v) is 11.7. The number of amides is 1. The van der Waals surface area contributed by atoms with Gasteiger partial charge < -0.3 is 10.1 Å². The van der Waals surface area contributed by atoms with Crippen LogP contribution in [0.25, 0.3) is 0 Å². The second kappa shape index (κ2) is 7.56. The summed E-state index contributed by atoms with van der Waals surface area (Å²) in [5.41, 5.74) is 0.932. The van der Waals surface area contributed by atoms with E-state index in [0.717, 1.165) is 5.56 Å². The van der Waals surface area contributed by atoms with Crippen molar-refractivity contribution >= 4 is 11.9 Å². The highest BCUT2D eigenvalue weighted by atomic mass is 16.5. The van der Waals surface area contributed by atoms with Crippen LogP contribution in [0.3, 0.4) is 0 Å². The van der Waals surface area contributed by atoms with Crippen LogP contribution < -0.4 is 5.32 Å². The Hall–Kier alpha value is -1.84. The fraction of sp³-hybridized carbons (Fsp3) is 0.467. The minimum Gasteiger partial charge on any atom is -0.459 e. The number of hydrogen-bond donors (Lipinski definition) is 1. The molecule has 0 spiro atoms. The molecular formula is C15H21NO3. The molecule has 0 aliphatic rings. The largest absolute Gasteiger partial charge is 0.459 e. The molecular weight excluding hydrogens is 242 g/mol. The Kier molecular flexibility index (Phi) is 6.06. The number of benzene rings is 1. The average Bonchev–Trinajstić information content (AvgIpc) is 2.35. The van der Waals surface area contributed by atoms with Crippen LogP contribution in [-0.4, -0.2) is 17.9 Å². The lowest BCUT2D eigenvalue weighted by Crippen LogP contribution is -2.41. The Bertz CT molecular complexity index is 415. The molecule has 0 unspecified atom stereocenters. The van der Waals surface area contributed by atoms with Gasteiger partial charge in [-0.15, -0.1) is 0 Å². The SMILES string of the molecule is CC(=O)N[C@H](CC(C)C)C(=O)OCc1ccccc1. The van der Waals surface area contributed by atoms with Crippen molar-refractivity contribution < 1.29 is 14.3 Å². The zero-order chi connectivity index (χ0) is 14.3. The van der Waals surface area contributed by atoms with E-state index in [1.165, 1.54) is 6.92 Å². The van der Waals surface area contributed by atoms with Crippen molar-refractivity contribution in [1.82, 2.24) is 5.32 Å². The van der Waals surface area contributed by atoms with Crippen molar-refractivity contribution in [3.8, 4) is 0 Å². The molecule has 0 bridgehead atoms. The highest BCUT2D eigenvalue weighted by Gasteiger charge is 2.22. The summed E-state index contributed by atoms with van der Waals surface area (Å²) in [5, 5.41) is 2.63. The topological polar surface area (TPSA) is 55.4 Å². The maximum atomic E-state index is 12.0. The second-order valence-electron chi connectivity index (χ2n) is 4.98. The van der Waals surface area contributed by atoms with Crippen molar-refractivity contribution in [2.24, 2.45) is 5.92 Å². The van der Waals surface area contributed by atoms with Gasteiger partial charge in [0.2, 0.25) is 5.91 Å². The third kappa shape index (κ3) is 6.04. The molecule has 0 saturated carbocycles. The molecule has 0 aliphatic heterocycles. The van der Waals surface area contributed by atoms with Crippen LogP contribution in [0.5, 0.6) is 0 Å². The molecule has 0 aliphatic carbocycles. The first-order chi connectivity index (χ1) is 8.99. The standard InChI is InChI=1S/C15H21NO3/c1-11(2)9-14(16-12(3)17)15(18)19-10-13-7-5-4-6-8-13/h4-8,11,14H,9-10H2,1-3H3,(H,16,17)/t14-/m1/s1. The molecule has 0 saturated heterocycles. The summed E-state index contributed by atoms with van der Waals surface area (Å²) < 4.78 is 5.24. The highest BCUT2D eigenvalue weighted by Crippen LogP contribution is 2.08. The van der Waals surface area contributed by atoms with Gasteiger partial charge in [-0.1, -0.05) is 44.2 Å². The lowest BCUT2D eigenvalue weighted by Gasteiger charge is -2.18. The summed E-state index contributed by atoms with van der Waals surface area (Å²) in [5.74, 6) is -0.295. The van der Waals surface area contributed by atoms with E-state index in [1.807, 2.05) is 44.2 Å². The molecule has 1 atom stereocenters. The Morgan fingerprint density at radius 2 is 1.84 bits per heavy atom. The molecule has 1 rings (SSSR count). The molecule has 4 heteroatoms. The van der Waals surface area contributed by atoms with Crippen molar-refractivity contribution in [2.45, 2.75) is 39.8 Å². The summed E-state index contributed by atoms with van der Waals surface area (Å²) in [6.07, 6.45) is 0.577. The van der Waals surface area contributed by atoms with Gasteiger partial charge in [0, 0.05) is 6.92 Å². The Labute approximate surface area is 114 Å². The minimum absolute atomic E-state index is 0.220. The van der Waals surface area contributed by atoms with Crippen LogP contribution in [0.15, 0.2) is 30.3 Å². The molecule has 4 nitrogen and oxygen atoms in total. The lowest BCUT2D eigenvalue weighted by atomic mass is 10.0. The normalized spacial score (nSPS) is 12.0. The summed E-state index contributed by atoms with van der Waals surface area (Å²) >= 11 is 0. The van der Waals surface area contributed by atoms with E-state index in [1.54, 1.807) is 0 Å². The van der Waals surface area contributed by atoms with Crippen molar-refractivity contribution in [1.29, 1.82) is 0 Å². The van der Waals surface area contributed by atoms with E-state index < -0.39 is 6.04 Å². The van der Waals surface area contributed by atoms with Gasteiger partial charge in [0.05, 0.1) is 0 Å². The van der Waals surface area contributed by atoms with E-state index in [-0.39, 0.29) is 18.5 Å². The maximum Gasteiger partial charge on any atom is 0.328 e. The van der Waals surface area contributed by atoms with Gasteiger partial charge in [-0.05, 0) is 17.9 Å². The maximum absolute atomic E-state index is 12.0. The third-order valence-corrected chi connectivity index (χ3v) is 2.59. The molecule has 1 aromatic rings. The highest BCUT2D eigenvalue weighted by molar-refractivity contribution is 5.83. The fourth-order valence-electron chi connectivity index (χ4n) is 1.76. The number of hydrogen-bond acceptors (Lipinski definition) is 3. The summed E-state index contributed by atoms with van der Waals surface area (Å²) in [6, 6.07) is 8.91. The van der Waals surface area contributed by atoms with E-state index in [4.69, 9.17) is 4.74 Å². The van der Waals surface area contributed by atoms with Crippen LogP contribution in [0.1, 0.15) is 32.8 Å². The predicted octanol–water partition coefficient (Wildman–Crippen LogP) is 2.28. The number of carbonyl (C=O) groups is 2. The Morgan fingerprint density at radius 3 is 2.37 bits per heavy atom. The number of carbonyl (C=O) groups excluding carboxylic acids is 2. The number of rotatable bonds is 6. The summed E-state index contributed by atoms with van der Waals surface area (Å²) in [6.45, 7) is 5.63. The Balaban J connectivity index is 2.54. The van der Waals surface area contributed by atoms with Crippen LogP contribution in [0.4, 0.5) is 0 Å². The molecule has 1 N–H and O–H groups in total. The van der Waals surface area contributed by atoms with E-state index in [9.17, 15) is 9.59 Å². The van der Waals surface area contributed by atoms with Crippen molar-refractivity contribution in [3.63, 3.8) is 0 Å². The summed E-state index contributed by atoms with van der Waals surface area (Å²) in [7, 11) is 0. The van der Waals surface area contributed by atoms with Gasteiger partial charge in [-0.25, -0.2) is 4.79 Å². The monoisotopic (exact) mass is 263 g/mol. The number of esters is 1. The molecule has 19 heavy (non-hydrogen) atoms. The summed E-state index contributed by atoms with van der Waals surface area (Å²) in [4.78, 5) is 23.0. The van der Waals surface area contributed by atoms with Gasteiger partial charge in [0.15, 0.2) is 0 Å². The first-order valence-electron chi connectivity index (χ1n) is 6.46. The quantitative estimate of drug-likeness (QED) is 0.801. The molecule has 104 valence electrons. The lowest BCUT2D eigenvalue weighted by molar-refractivity contribution is -0.149. The van der Waals surface area contributed by atoms with E-state index in [2.05, 4.69) is 5.32 Å². The first kappa shape index (κ1) is 15.2. The number of ether oxygens (including phenoxy) is 1. The second-order valence-corrected chi connectivity index (χ2v) is 4.98. The minimum atomic E-state index is -0.568. The van der Waals surface area contributed by atoms with Crippen LogP contribution in [-0.2, 0) is 20.9 Å². The van der Waals surface area contributed by atoms with Crippen molar-refractivity contribution in [3.05, 3.63) is 35.9 Å². The van der Waals surface area contributed by atoms with Crippen molar-refractivity contribution in [2.75, 3.05) is 0 Å². The van der Waals surface area contributed by atoms with Crippen LogP contribution in [0.2, 0.25) is 0 Å². The van der Waals surface area contributed by atoms with E-state index in [0.29, 0.717) is 12.3 Å². The molecule has 1 amide bonds. The van der Waals surface area contributed by atoms with Gasteiger partial charge >= 0.3 is 5.97 Å². The smallest absolute Gasteiger partial charge is 0.328 e. The number of nitrogens with one attached hydrogen (secondary N) is 1. The predicted molar refractivity (Wildman–Crippen MR) is 73.3 cm³/mol. The molecule has 0 heterocycles. The molecule has 1 aromatic carbocycles. The van der Waals surface area contributed by atoms with Gasteiger partial charge in [0.1, 0.15) is 12.6 Å². The average molecular weight is 263 g/mol. The molecule has 0 fully saturated rings. The van der Waals surface area contributed by atoms with Gasteiger partial charge in [0.25, 0.3) is 0 Å². The van der Waals surface area contributed by atoms with Crippen LogP contribution >= 0.6 is 0 Å². The first-order valence-corrected chi connectivity index (χ1v) is 6.46. The zero-order valence-electron chi connectivity index (χ0n) is 11.7. The van der Waals surface area contributed by atoms with E-state index >= 15 is 0 Å². The van der Waals surface area contributed by atoms with Gasteiger partial charge in [-0.2, -0.15) is 0 Å². The van der Waals surface area contributed by atoms with Crippen LogP contribution in [0, 0.1) is 5.92 Å². The molecule has 0 radical (unpaired) electrons. The fourth-order valence-corrected chi connectivity index (χ4v) is 1.76. The third-order valence-electron chi connectivity index (χ3n) is 2.59. The van der Waals surface area contributed by atoms with Gasteiger partial charge in [-0.3, -0.25) is 4.79 Å². The molecule has 0 aromatic heterocycles. The Morgan fingerprint density at radius 1 is 1.21 bits per heavy atom.